The first-order valence-corrected chi connectivity index (χ1v) is 8.28. The summed E-state index contributed by atoms with van der Waals surface area (Å²) >= 11 is 0. The van der Waals surface area contributed by atoms with Gasteiger partial charge in [-0.2, -0.15) is 0 Å². The molecule has 2 atom stereocenters. The molecule has 0 radical (unpaired) electrons. The molecule has 0 spiro atoms. The van der Waals surface area contributed by atoms with Gasteiger partial charge in [-0.15, -0.1) is 0 Å². The van der Waals surface area contributed by atoms with Gasteiger partial charge in [-0.05, 0) is 25.2 Å². The second-order valence-electron chi connectivity index (χ2n) is 5.58. The third kappa shape index (κ3) is 7.91. The van der Waals surface area contributed by atoms with Gasteiger partial charge in [-0.1, -0.05) is 39.5 Å². The molecule has 1 aliphatic carbocycles. The fourth-order valence-corrected chi connectivity index (χ4v) is 2.76. The van der Waals surface area contributed by atoms with Crippen molar-refractivity contribution in [2.24, 2.45) is 5.92 Å². The van der Waals surface area contributed by atoms with Crippen LogP contribution >= 0.6 is 0 Å². The predicted molar refractivity (Wildman–Crippen MR) is 80.6 cm³/mol. The van der Waals surface area contributed by atoms with Crippen molar-refractivity contribution >= 4 is 0 Å². The van der Waals surface area contributed by atoms with E-state index in [1.807, 2.05) is 0 Å². The summed E-state index contributed by atoms with van der Waals surface area (Å²) in [6.45, 7) is 8.93. The van der Waals surface area contributed by atoms with E-state index in [0.717, 1.165) is 38.8 Å². The van der Waals surface area contributed by atoms with Crippen molar-refractivity contribution in [1.29, 1.82) is 0 Å². The minimum Gasteiger partial charge on any atom is -0.380 e. The first kappa shape index (κ1) is 16.9. The zero-order valence-electron chi connectivity index (χ0n) is 13.0. The standard InChI is InChI=1S/C16H33NO2/c1-3-5-12-18-13-10-17-11-14-19-16-9-7-6-8-15(16)4-2/h15-17H,3-14H2,1-2H3. The van der Waals surface area contributed by atoms with Crippen LogP contribution in [-0.2, 0) is 9.47 Å². The minimum absolute atomic E-state index is 0.515. The van der Waals surface area contributed by atoms with Crippen molar-refractivity contribution in [1.82, 2.24) is 5.32 Å². The van der Waals surface area contributed by atoms with Crippen molar-refractivity contribution in [2.75, 3.05) is 32.9 Å². The Morgan fingerprint density at radius 1 is 1.00 bits per heavy atom. The van der Waals surface area contributed by atoms with E-state index in [9.17, 15) is 0 Å². The molecule has 1 aliphatic rings. The first-order chi connectivity index (χ1) is 9.38. The summed E-state index contributed by atoms with van der Waals surface area (Å²) in [4.78, 5) is 0. The summed E-state index contributed by atoms with van der Waals surface area (Å²) in [6, 6.07) is 0. The largest absolute Gasteiger partial charge is 0.380 e. The zero-order valence-corrected chi connectivity index (χ0v) is 13.0. The lowest BCUT2D eigenvalue weighted by atomic mass is 9.85. The van der Waals surface area contributed by atoms with Crippen LogP contribution in [0.5, 0.6) is 0 Å². The van der Waals surface area contributed by atoms with Crippen LogP contribution in [-0.4, -0.2) is 39.0 Å². The molecule has 1 rings (SSSR count). The summed E-state index contributed by atoms with van der Waals surface area (Å²) in [5, 5.41) is 3.38. The third-order valence-electron chi connectivity index (χ3n) is 4.04. The molecule has 3 heteroatoms. The molecule has 0 aromatic heterocycles. The number of nitrogens with one attached hydrogen (secondary N) is 1. The highest BCUT2D eigenvalue weighted by molar-refractivity contribution is 4.74. The van der Waals surface area contributed by atoms with Crippen molar-refractivity contribution in [2.45, 2.75) is 64.9 Å². The Morgan fingerprint density at radius 3 is 2.58 bits per heavy atom. The van der Waals surface area contributed by atoms with E-state index in [4.69, 9.17) is 9.47 Å². The molecular weight excluding hydrogens is 238 g/mol. The predicted octanol–water partition coefficient (Wildman–Crippen LogP) is 3.38. The molecule has 0 bridgehead atoms. The van der Waals surface area contributed by atoms with Crippen molar-refractivity contribution < 1.29 is 9.47 Å². The van der Waals surface area contributed by atoms with E-state index in [0.29, 0.717) is 6.10 Å². The van der Waals surface area contributed by atoms with Gasteiger partial charge in [0.2, 0.25) is 0 Å². The molecule has 0 saturated heterocycles. The van der Waals surface area contributed by atoms with E-state index < -0.39 is 0 Å². The molecule has 0 aliphatic heterocycles. The molecule has 0 amide bonds. The van der Waals surface area contributed by atoms with Gasteiger partial charge in [0.15, 0.2) is 0 Å². The maximum atomic E-state index is 6.03. The highest BCUT2D eigenvalue weighted by atomic mass is 16.5. The molecule has 0 heterocycles. The topological polar surface area (TPSA) is 30.5 Å². The zero-order chi connectivity index (χ0) is 13.8. The molecule has 114 valence electrons. The first-order valence-electron chi connectivity index (χ1n) is 8.28. The summed E-state index contributed by atoms with van der Waals surface area (Å²) in [6.07, 6.45) is 9.53. The fourth-order valence-electron chi connectivity index (χ4n) is 2.76. The lowest BCUT2D eigenvalue weighted by Gasteiger charge is -2.30. The summed E-state index contributed by atoms with van der Waals surface area (Å²) < 4.78 is 11.5. The van der Waals surface area contributed by atoms with Crippen LogP contribution in [0.2, 0.25) is 0 Å². The third-order valence-corrected chi connectivity index (χ3v) is 4.04. The van der Waals surface area contributed by atoms with Gasteiger partial charge >= 0.3 is 0 Å². The van der Waals surface area contributed by atoms with E-state index in [1.54, 1.807) is 0 Å². The second kappa shape index (κ2) is 11.7. The van der Waals surface area contributed by atoms with Crippen LogP contribution in [0.25, 0.3) is 0 Å². The molecule has 3 nitrogen and oxygen atoms in total. The van der Waals surface area contributed by atoms with Crippen molar-refractivity contribution in [3.8, 4) is 0 Å². The number of rotatable bonds is 11. The number of ether oxygens (including phenoxy) is 2. The molecule has 0 aromatic rings. The van der Waals surface area contributed by atoms with Crippen molar-refractivity contribution in [3.05, 3.63) is 0 Å². The Labute approximate surface area is 119 Å². The highest BCUT2D eigenvalue weighted by Gasteiger charge is 2.23. The van der Waals surface area contributed by atoms with E-state index in [1.165, 1.54) is 44.9 Å². The molecule has 2 unspecified atom stereocenters. The smallest absolute Gasteiger partial charge is 0.0603 e. The summed E-state index contributed by atoms with van der Waals surface area (Å²) in [7, 11) is 0. The molecule has 1 saturated carbocycles. The lowest BCUT2D eigenvalue weighted by Crippen LogP contribution is -2.31. The maximum Gasteiger partial charge on any atom is 0.0603 e. The normalized spacial score (nSPS) is 23.7. The van der Waals surface area contributed by atoms with E-state index in [-0.39, 0.29) is 0 Å². The van der Waals surface area contributed by atoms with Gasteiger partial charge in [0.05, 0.1) is 19.3 Å². The van der Waals surface area contributed by atoms with E-state index >= 15 is 0 Å². The van der Waals surface area contributed by atoms with Crippen LogP contribution in [0.1, 0.15) is 58.8 Å². The summed E-state index contributed by atoms with van der Waals surface area (Å²) in [5.41, 5.74) is 0. The average Bonchev–Trinajstić information content (AvgIpc) is 2.46. The lowest BCUT2D eigenvalue weighted by molar-refractivity contribution is -0.0106. The fraction of sp³-hybridized carbons (Fsp3) is 1.00. The minimum atomic E-state index is 0.515. The Kier molecular flexibility index (Phi) is 10.4. The average molecular weight is 271 g/mol. The van der Waals surface area contributed by atoms with Crippen LogP contribution in [0, 0.1) is 5.92 Å². The van der Waals surface area contributed by atoms with Gasteiger partial charge in [0, 0.05) is 19.7 Å². The molecule has 1 fully saturated rings. The Balaban J connectivity index is 1.89. The van der Waals surface area contributed by atoms with Crippen LogP contribution < -0.4 is 5.32 Å². The van der Waals surface area contributed by atoms with Crippen LogP contribution in [0.3, 0.4) is 0 Å². The van der Waals surface area contributed by atoms with Gasteiger partial charge in [0.1, 0.15) is 0 Å². The molecule has 19 heavy (non-hydrogen) atoms. The Morgan fingerprint density at radius 2 is 1.79 bits per heavy atom. The second-order valence-corrected chi connectivity index (χ2v) is 5.58. The number of hydrogen-bond donors (Lipinski definition) is 1. The van der Waals surface area contributed by atoms with Crippen LogP contribution in [0.4, 0.5) is 0 Å². The van der Waals surface area contributed by atoms with Gasteiger partial charge < -0.3 is 14.8 Å². The number of hydrogen-bond acceptors (Lipinski definition) is 3. The van der Waals surface area contributed by atoms with Gasteiger partial charge in [0.25, 0.3) is 0 Å². The van der Waals surface area contributed by atoms with Crippen molar-refractivity contribution in [3.63, 3.8) is 0 Å². The Hall–Kier alpha value is -0.120. The monoisotopic (exact) mass is 271 g/mol. The quantitative estimate of drug-likeness (QED) is 0.584. The molecular formula is C16H33NO2. The molecule has 0 aromatic carbocycles. The highest BCUT2D eigenvalue weighted by Crippen LogP contribution is 2.28. The van der Waals surface area contributed by atoms with E-state index in [2.05, 4.69) is 19.2 Å². The van der Waals surface area contributed by atoms with Gasteiger partial charge in [-0.25, -0.2) is 0 Å². The number of unbranched alkanes of at least 4 members (excludes halogenated alkanes) is 1. The summed E-state index contributed by atoms with van der Waals surface area (Å²) in [5.74, 6) is 0.797. The Bertz CT molecular complexity index is 199. The molecule has 1 N–H and O–H groups in total. The maximum absolute atomic E-state index is 6.03. The van der Waals surface area contributed by atoms with Gasteiger partial charge in [-0.3, -0.25) is 0 Å². The SMILES string of the molecule is CCCCOCCNCCOC1CCCCC1CC. The van der Waals surface area contributed by atoms with Crippen LogP contribution in [0.15, 0.2) is 0 Å².